The molecule has 102 valence electrons. The lowest BCUT2D eigenvalue weighted by atomic mass is 9.94. The van der Waals surface area contributed by atoms with Crippen molar-refractivity contribution in [3.8, 4) is 0 Å². The van der Waals surface area contributed by atoms with Crippen molar-refractivity contribution in [2.75, 3.05) is 25.5 Å². The lowest BCUT2D eigenvalue weighted by Gasteiger charge is -2.31. The Kier molecular flexibility index (Phi) is 5.66. The Balaban J connectivity index is 1.61. The summed E-state index contributed by atoms with van der Waals surface area (Å²) in [4.78, 5) is 2.50. The van der Waals surface area contributed by atoms with Gasteiger partial charge in [-0.05, 0) is 32.9 Å². The van der Waals surface area contributed by atoms with Crippen LogP contribution in [0.25, 0.3) is 0 Å². The van der Waals surface area contributed by atoms with E-state index < -0.39 is 0 Å². The number of hydrogen-bond acceptors (Lipinski definition) is 5. The highest BCUT2D eigenvalue weighted by molar-refractivity contribution is 6.99. The summed E-state index contributed by atoms with van der Waals surface area (Å²) < 4.78 is 8.02. The zero-order valence-electron chi connectivity index (χ0n) is 10.9. The number of nitrogens with one attached hydrogen (secondary N) is 1. The van der Waals surface area contributed by atoms with Gasteiger partial charge >= 0.3 is 0 Å². The van der Waals surface area contributed by atoms with Crippen molar-refractivity contribution in [3.63, 3.8) is 0 Å². The third-order valence-corrected chi connectivity index (χ3v) is 4.52. The molecule has 4 nitrogen and oxygen atoms in total. The van der Waals surface area contributed by atoms with E-state index in [9.17, 15) is 0 Å². The molecular weight excluding hydrogens is 268 g/mol. The lowest BCUT2D eigenvalue weighted by Crippen LogP contribution is -2.34. The van der Waals surface area contributed by atoms with Crippen molar-refractivity contribution in [1.82, 2.24) is 13.6 Å². The first-order chi connectivity index (χ1) is 8.77. The second kappa shape index (κ2) is 7.26. The lowest BCUT2D eigenvalue weighted by molar-refractivity contribution is 0.191. The van der Waals surface area contributed by atoms with Gasteiger partial charge in [-0.2, -0.15) is 8.75 Å². The van der Waals surface area contributed by atoms with Crippen LogP contribution in [0.5, 0.6) is 0 Å². The summed E-state index contributed by atoms with van der Waals surface area (Å²) in [5.74, 6) is 0.724. The Morgan fingerprint density at radius 1 is 1.33 bits per heavy atom. The molecular formula is C12H21ClN4S. The van der Waals surface area contributed by atoms with E-state index in [0.29, 0.717) is 5.15 Å². The first-order valence-electron chi connectivity index (χ1n) is 6.69. The maximum Gasteiger partial charge on any atom is 0.186 e. The van der Waals surface area contributed by atoms with Gasteiger partial charge < -0.3 is 10.2 Å². The molecule has 2 rings (SSSR count). The van der Waals surface area contributed by atoms with Gasteiger partial charge in [-0.25, -0.2) is 0 Å². The molecule has 0 aliphatic heterocycles. The molecule has 0 amide bonds. The fourth-order valence-corrected chi connectivity index (χ4v) is 3.21. The van der Waals surface area contributed by atoms with Crippen molar-refractivity contribution in [1.29, 1.82) is 0 Å². The fraction of sp³-hybridized carbons (Fsp3) is 0.833. The van der Waals surface area contributed by atoms with E-state index in [4.69, 9.17) is 11.6 Å². The first kappa shape index (κ1) is 14.0. The summed E-state index contributed by atoms with van der Waals surface area (Å²) in [7, 11) is 2.24. The average molecular weight is 289 g/mol. The molecule has 0 atom stereocenters. The van der Waals surface area contributed by atoms with Crippen LogP contribution in [0.2, 0.25) is 5.15 Å². The van der Waals surface area contributed by atoms with Crippen LogP contribution >= 0.6 is 23.3 Å². The standard InChI is InChI=1S/C12H21ClN4S/c1-17(10-6-3-2-4-7-10)9-5-8-14-12-11(13)15-18-16-12/h10H,2-9H2,1H3,(H,14,16). The minimum absolute atomic E-state index is 0.487. The maximum absolute atomic E-state index is 5.87. The summed E-state index contributed by atoms with van der Waals surface area (Å²) in [6, 6.07) is 0.795. The van der Waals surface area contributed by atoms with Crippen LogP contribution in [0, 0.1) is 0 Å². The number of hydrogen-bond donors (Lipinski definition) is 1. The Labute approximate surface area is 118 Å². The summed E-state index contributed by atoms with van der Waals surface area (Å²) >= 11 is 7.02. The van der Waals surface area contributed by atoms with E-state index in [0.717, 1.165) is 43.1 Å². The van der Waals surface area contributed by atoms with Gasteiger partial charge in [0.2, 0.25) is 0 Å². The van der Waals surface area contributed by atoms with Crippen LogP contribution < -0.4 is 5.32 Å². The molecule has 1 aromatic heterocycles. The second-order valence-electron chi connectivity index (χ2n) is 4.96. The van der Waals surface area contributed by atoms with Crippen LogP contribution in [-0.2, 0) is 0 Å². The Bertz CT molecular complexity index is 352. The quantitative estimate of drug-likeness (QED) is 0.816. The zero-order chi connectivity index (χ0) is 12.8. The molecule has 1 fully saturated rings. The van der Waals surface area contributed by atoms with E-state index in [1.165, 1.54) is 32.1 Å². The second-order valence-corrected chi connectivity index (χ2v) is 5.84. The van der Waals surface area contributed by atoms with E-state index in [2.05, 4.69) is 26.0 Å². The molecule has 0 saturated heterocycles. The molecule has 1 aromatic rings. The summed E-state index contributed by atoms with van der Waals surface area (Å²) in [6.45, 7) is 2.04. The van der Waals surface area contributed by atoms with Gasteiger partial charge in [0.1, 0.15) is 0 Å². The number of rotatable bonds is 6. The van der Waals surface area contributed by atoms with Gasteiger partial charge in [0.05, 0.1) is 11.7 Å². The van der Waals surface area contributed by atoms with Crippen LogP contribution in [0.3, 0.4) is 0 Å². The number of halogens is 1. The number of nitrogens with zero attached hydrogens (tertiary/aromatic N) is 3. The predicted octanol–water partition coefficient (Wildman–Crippen LogP) is 3.26. The fourth-order valence-electron chi connectivity index (χ4n) is 2.52. The van der Waals surface area contributed by atoms with Gasteiger partial charge in [0, 0.05) is 12.6 Å². The summed E-state index contributed by atoms with van der Waals surface area (Å²) in [5.41, 5.74) is 0. The van der Waals surface area contributed by atoms with Crippen LogP contribution in [0.1, 0.15) is 38.5 Å². The highest BCUT2D eigenvalue weighted by atomic mass is 35.5. The molecule has 1 heterocycles. The molecule has 0 aromatic carbocycles. The minimum Gasteiger partial charge on any atom is -0.367 e. The van der Waals surface area contributed by atoms with E-state index in [1.54, 1.807) is 0 Å². The van der Waals surface area contributed by atoms with Gasteiger partial charge in [-0.1, -0.05) is 30.9 Å². The molecule has 0 radical (unpaired) electrons. The van der Waals surface area contributed by atoms with E-state index in [1.807, 2.05) is 0 Å². The molecule has 6 heteroatoms. The largest absolute Gasteiger partial charge is 0.367 e. The molecule has 1 N–H and O–H groups in total. The van der Waals surface area contributed by atoms with E-state index >= 15 is 0 Å². The van der Waals surface area contributed by atoms with Crippen LogP contribution in [0.4, 0.5) is 5.82 Å². The third kappa shape index (κ3) is 4.07. The Morgan fingerprint density at radius 2 is 2.11 bits per heavy atom. The molecule has 1 aliphatic rings. The van der Waals surface area contributed by atoms with Crippen molar-refractivity contribution in [3.05, 3.63) is 5.15 Å². The molecule has 18 heavy (non-hydrogen) atoms. The average Bonchev–Trinajstić information content (AvgIpc) is 2.81. The Hall–Kier alpha value is -0.390. The van der Waals surface area contributed by atoms with Gasteiger partial charge in [-0.15, -0.1) is 0 Å². The minimum atomic E-state index is 0.487. The SMILES string of the molecule is CN(CCCNc1nsnc1Cl)C1CCCCC1. The maximum atomic E-state index is 5.87. The van der Waals surface area contributed by atoms with Crippen LogP contribution in [0.15, 0.2) is 0 Å². The van der Waals surface area contributed by atoms with Crippen molar-refractivity contribution in [2.45, 2.75) is 44.6 Å². The molecule has 0 unspecified atom stereocenters. The van der Waals surface area contributed by atoms with Gasteiger partial charge in [0.15, 0.2) is 11.0 Å². The zero-order valence-corrected chi connectivity index (χ0v) is 12.4. The molecule has 1 saturated carbocycles. The first-order valence-corrected chi connectivity index (χ1v) is 7.80. The highest BCUT2D eigenvalue weighted by Crippen LogP contribution is 2.21. The topological polar surface area (TPSA) is 41.0 Å². The Morgan fingerprint density at radius 3 is 2.78 bits per heavy atom. The van der Waals surface area contributed by atoms with E-state index in [-0.39, 0.29) is 0 Å². The van der Waals surface area contributed by atoms with Crippen molar-refractivity contribution in [2.24, 2.45) is 0 Å². The highest BCUT2D eigenvalue weighted by Gasteiger charge is 2.17. The van der Waals surface area contributed by atoms with Crippen LogP contribution in [-0.4, -0.2) is 39.8 Å². The predicted molar refractivity (Wildman–Crippen MR) is 77.5 cm³/mol. The van der Waals surface area contributed by atoms with Crippen molar-refractivity contribution < 1.29 is 0 Å². The molecule has 0 bridgehead atoms. The summed E-state index contributed by atoms with van der Waals surface area (Å²) in [6.07, 6.45) is 8.06. The summed E-state index contributed by atoms with van der Waals surface area (Å²) in [5, 5.41) is 3.72. The number of anilines is 1. The normalized spacial score (nSPS) is 17.3. The van der Waals surface area contributed by atoms with Gasteiger partial charge in [-0.3, -0.25) is 0 Å². The van der Waals surface area contributed by atoms with Crippen molar-refractivity contribution >= 4 is 29.1 Å². The monoisotopic (exact) mass is 288 g/mol. The smallest absolute Gasteiger partial charge is 0.186 e. The molecule has 1 aliphatic carbocycles. The molecule has 0 spiro atoms. The number of aromatic nitrogens is 2. The van der Waals surface area contributed by atoms with Gasteiger partial charge in [0.25, 0.3) is 0 Å². The third-order valence-electron chi connectivity index (χ3n) is 3.63.